The number of imidazole rings is 1. The van der Waals surface area contributed by atoms with Crippen LogP contribution in [0.25, 0.3) is 11.0 Å². The predicted molar refractivity (Wildman–Crippen MR) is 95.1 cm³/mol. The number of aryl methyl sites for hydroxylation is 1. The molecule has 0 radical (unpaired) electrons. The van der Waals surface area contributed by atoms with E-state index in [9.17, 15) is 0 Å². The quantitative estimate of drug-likeness (QED) is 0.500. The number of hydrogen-bond donors (Lipinski definition) is 2. The molecule has 0 spiro atoms. The second-order valence-corrected chi connectivity index (χ2v) is 6.64. The Kier molecular flexibility index (Phi) is 4.38. The van der Waals surface area contributed by atoms with Crippen molar-refractivity contribution in [2.24, 2.45) is 4.99 Å². The normalized spacial score (nSPS) is 26.2. The van der Waals surface area contributed by atoms with Gasteiger partial charge in [-0.15, -0.1) is 0 Å². The van der Waals surface area contributed by atoms with E-state index < -0.39 is 0 Å². The van der Waals surface area contributed by atoms with Crippen molar-refractivity contribution in [3.05, 3.63) is 30.6 Å². The summed E-state index contributed by atoms with van der Waals surface area (Å²) in [6.07, 6.45) is 7.26. The standard InChI is InChI=1S/C18H25N5O/c1-19-18(22-15-11-13-7-8-17(15)24-13)20-9-4-10-23-12-21-14-5-2-3-6-16(14)23/h2-3,5-6,12-13,15,17H,4,7-11H2,1H3,(H2,19,20,22). The number of para-hydroxylation sites is 2. The zero-order valence-corrected chi connectivity index (χ0v) is 14.1. The minimum atomic E-state index is 0.367. The second-order valence-electron chi connectivity index (χ2n) is 6.64. The first kappa shape index (κ1) is 15.4. The Hall–Kier alpha value is -2.08. The van der Waals surface area contributed by atoms with Crippen LogP contribution in [0.4, 0.5) is 0 Å². The SMILES string of the molecule is CN=C(NCCCn1cnc2ccccc21)NC1CC2CCC1O2. The number of aliphatic imine (C=N–C) groups is 1. The maximum Gasteiger partial charge on any atom is 0.191 e. The van der Waals surface area contributed by atoms with Crippen LogP contribution in [0, 0.1) is 0 Å². The lowest BCUT2D eigenvalue weighted by molar-refractivity contribution is 0.0992. The van der Waals surface area contributed by atoms with E-state index in [0.29, 0.717) is 18.2 Å². The molecule has 2 bridgehead atoms. The molecule has 0 amide bonds. The molecule has 1 aromatic heterocycles. The van der Waals surface area contributed by atoms with E-state index in [1.165, 1.54) is 18.4 Å². The average Bonchev–Trinajstić information content (AvgIpc) is 3.33. The van der Waals surface area contributed by atoms with Gasteiger partial charge < -0.3 is 19.9 Å². The molecule has 4 rings (SSSR count). The highest BCUT2D eigenvalue weighted by molar-refractivity contribution is 5.80. The summed E-state index contributed by atoms with van der Waals surface area (Å²) in [5, 5.41) is 6.93. The summed E-state index contributed by atoms with van der Waals surface area (Å²) in [6, 6.07) is 8.66. The van der Waals surface area contributed by atoms with E-state index in [0.717, 1.165) is 37.4 Å². The second kappa shape index (κ2) is 6.81. The third kappa shape index (κ3) is 3.11. The van der Waals surface area contributed by atoms with Gasteiger partial charge in [0, 0.05) is 20.1 Å². The summed E-state index contributed by atoms with van der Waals surface area (Å²) >= 11 is 0. The molecule has 0 saturated carbocycles. The van der Waals surface area contributed by atoms with Crippen LogP contribution in [-0.4, -0.2) is 47.4 Å². The molecule has 0 aliphatic carbocycles. The fourth-order valence-electron chi connectivity index (χ4n) is 3.80. The van der Waals surface area contributed by atoms with Crippen molar-refractivity contribution in [1.82, 2.24) is 20.2 Å². The molecule has 128 valence electrons. The van der Waals surface area contributed by atoms with Crippen LogP contribution in [-0.2, 0) is 11.3 Å². The van der Waals surface area contributed by atoms with Gasteiger partial charge in [-0.1, -0.05) is 12.1 Å². The van der Waals surface area contributed by atoms with Gasteiger partial charge in [-0.2, -0.15) is 0 Å². The summed E-state index contributed by atoms with van der Waals surface area (Å²) in [7, 11) is 1.83. The van der Waals surface area contributed by atoms with E-state index in [4.69, 9.17) is 4.74 Å². The number of aromatic nitrogens is 2. The van der Waals surface area contributed by atoms with Crippen molar-refractivity contribution in [3.63, 3.8) is 0 Å². The molecule has 24 heavy (non-hydrogen) atoms. The Morgan fingerprint density at radius 3 is 3.08 bits per heavy atom. The smallest absolute Gasteiger partial charge is 0.191 e. The average molecular weight is 327 g/mol. The van der Waals surface area contributed by atoms with E-state index in [1.54, 1.807) is 0 Å². The summed E-state index contributed by atoms with van der Waals surface area (Å²) in [5.74, 6) is 0.881. The van der Waals surface area contributed by atoms with Gasteiger partial charge in [-0.3, -0.25) is 4.99 Å². The molecule has 3 atom stereocenters. The summed E-state index contributed by atoms with van der Waals surface area (Å²) in [4.78, 5) is 8.77. The number of hydrogen-bond acceptors (Lipinski definition) is 3. The van der Waals surface area contributed by atoms with Gasteiger partial charge in [0.1, 0.15) is 0 Å². The lowest BCUT2D eigenvalue weighted by Gasteiger charge is -2.22. The van der Waals surface area contributed by atoms with Crippen LogP contribution >= 0.6 is 0 Å². The molecule has 2 aliphatic heterocycles. The van der Waals surface area contributed by atoms with E-state index >= 15 is 0 Å². The number of fused-ring (bicyclic) bond motifs is 3. The first-order chi connectivity index (χ1) is 11.8. The first-order valence-corrected chi connectivity index (χ1v) is 8.86. The Morgan fingerprint density at radius 2 is 2.29 bits per heavy atom. The molecular formula is C18H25N5O. The lowest BCUT2D eigenvalue weighted by atomic mass is 9.96. The van der Waals surface area contributed by atoms with Crippen molar-refractivity contribution in [2.45, 2.75) is 50.5 Å². The third-order valence-electron chi connectivity index (χ3n) is 5.05. The van der Waals surface area contributed by atoms with Gasteiger partial charge in [0.25, 0.3) is 0 Å². The van der Waals surface area contributed by atoms with Crippen LogP contribution in [0.5, 0.6) is 0 Å². The number of nitrogens with zero attached hydrogens (tertiary/aromatic N) is 3. The molecule has 6 nitrogen and oxygen atoms in total. The number of guanidine groups is 1. The van der Waals surface area contributed by atoms with E-state index in [-0.39, 0.29) is 0 Å². The monoisotopic (exact) mass is 327 g/mol. The van der Waals surface area contributed by atoms with Gasteiger partial charge in [-0.25, -0.2) is 4.98 Å². The van der Waals surface area contributed by atoms with Gasteiger partial charge >= 0.3 is 0 Å². The Morgan fingerprint density at radius 1 is 1.38 bits per heavy atom. The van der Waals surface area contributed by atoms with Gasteiger partial charge in [0.15, 0.2) is 5.96 Å². The molecule has 3 unspecified atom stereocenters. The highest BCUT2D eigenvalue weighted by Crippen LogP contribution is 2.34. The molecule has 2 fully saturated rings. The maximum absolute atomic E-state index is 5.89. The summed E-state index contributed by atoms with van der Waals surface area (Å²) < 4.78 is 8.10. The highest BCUT2D eigenvalue weighted by atomic mass is 16.5. The predicted octanol–water partition coefficient (Wildman–Crippen LogP) is 1.91. The van der Waals surface area contributed by atoms with Crippen LogP contribution in [0.15, 0.2) is 35.6 Å². The third-order valence-corrected chi connectivity index (χ3v) is 5.05. The molecular weight excluding hydrogens is 302 g/mol. The zero-order chi connectivity index (χ0) is 16.4. The van der Waals surface area contributed by atoms with Gasteiger partial charge in [0.2, 0.25) is 0 Å². The fraction of sp³-hybridized carbons (Fsp3) is 0.556. The summed E-state index contributed by atoms with van der Waals surface area (Å²) in [6.45, 7) is 1.83. The Bertz CT molecular complexity index is 725. The van der Waals surface area contributed by atoms with Crippen LogP contribution in [0.2, 0.25) is 0 Å². The number of rotatable bonds is 5. The largest absolute Gasteiger partial charge is 0.373 e. The first-order valence-electron chi connectivity index (χ1n) is 8.86. The molecule has 2 aromatic rings. The minimum absolute atomic E-state index is 0.367. The van der Waals surface area contributed by atoms with Crippen LogP contribution in [0.1, 0.15) is 25.7 Å². The van der Waals surface area contributed by atoms with Crippen molar-refractivity contribution >= 4 is 17.0 Å². The fourth-order valence-corrected chi connectivity index (χ4v) is 3.80. The van der Waals surface area contributed by atoms with Crippen molar-refractivity contribution in [1.29, 1.82) is 0 Å². The zero-order valence-electron chi connectivity index (χ0n) is 14.1. The molecule has 2 saturated heterocycles. The number of ether oxygens (including phenoxy) is 1. The highest BCUT2D eigenvalue weighted by Gasteiger charge is 2.41. The minimum Gasteiger partial charge on any atom is -0.373 e. The van der Waals surface area contributed by atoms with Crippen molar-refractivity contribution in [3.8, 4) is 0 Å². The number of nitrogens with one attached hydrogen (secondary N) is 2. The van der Waals surface area contributed by atoms with E-state index in [2.05, 4.69) is 37.3 Å². The Balaban J connectivity index is 1.24. The van der Waals surface area contributed by atoms with Gasteiger partial charge in [0.05, 0.1) is 35.6 Å². The topological polar surface area (TPSA) is 63.5 Å². The summed E-state index contributed by atoms with van der Waals surface area (Å²) in [5.41, 5.74) is 2.25. The molecule has 6 heteroatoms. The van der Waals surface area contributed by atoms with E-state index in [1.807, 2.05) is 25.5 Å². The van der Waals surface area contributed by atoms with Gasteiger partial charge in [-0.05, 0) is 37.8 Å². The van der Waals surface area contributed by atoms with Crippen molar-refractivity contribution < 1.29 is 4.74 Å². The van der Waals surface area contributed by atoms with Crippen molar-refractivity contribution in [2.75, 3.05) is 13.6 Å². The van der Waals surface area contributed by atoms with Crippen LogP contribution < -0.4 is 10.6 Å². The number of benzene rings is 1. The maximum atomic E-state index is 5.89. The molecule has 1 aromatic carbocycles. The van der Waals surface area contributed by atoms with Crippen LogP contribution in [0.3, 0.4) is 0 Å². The molecule has 3 heterocycles. The Labute approximate surface area is 142 Å². The molecule has 2 aliphatic rings. The molecule has 2 N–H and O–H groups in total. The lowest BCUT2D eigenvalue weighted by Crippen LogP contribution is -2.47.